The number of benzene rings is 1. The van der Waals surface area contributed by atoms with Gasteiger partial charge < -0.3 is 0 Å². The highest BCUT2D eigenvalue weighted by Crippen LogP contribution is 2.32. The smallest absolute Gasteiger partial charge is 0.153 e. The molecule has 0 radical (unpaired) electrons. The van der Waals surface area contributed by atoms with Crippen LogP contribution in [0.1, 0.15) is 10.4 Å². The molecule has 0 atom stereocenters. The van der Waals surface area contributed by atoms with Gasteiger partial charge in [-0.1, -0.05) is 23.2 Å². The summed E-state index contributed by atoms with van der Waals surface area (Å²) in [6.45, 7) is 0. The van der Waals surface area contributed by atoms with E-state index in [0.29, 0.717) is 27.5 Å². The second kappa shape index (κ2) is 4.82. The van der Waals surface area contributed by atoms with Crippen molar-refractivity contribution in [2.45, 2.75) is 0 Å². The van der Waals surface area contributed by atoms with Crippen LogP contribution in [-0.2, 0) is 0 Å². The second-order valence-corrected chi connectivity index (χ2v) is 4.17. The van der Waals surface area contributed by atoms with Crippen LogP contribution in [0.3, 0.4) is 0 Å². The third kappa shape index (κ3) is 2.30. The van der Waals surface area contributed by atoms with Crippen LogP contribution in [0, 0.1) is 5.82 Å². The van der Waals surface area contributed by atoms with E-state index in [1.54, 1.807) is 18.2 Å². The second-order valence-electron chi connectivity index (χ2n) is 3.32. The molecule has 1 aromatic heterocycles. The van der Waals surface area contributed by atoms with Crippen LogP contribution in [0.5, 0.6) is 0 Å². The van der Waals surface area contributed by atoms with E-state index in [9.17, 15) is 9.18 Å². The molecule has 0 aliphatic heterocycles. The minimum Gasteiger partial charge on any atom is -0.298 e. The maximum Gasteiger partial charge on any atom is 0.153 e. The van der Waals surface area contributed by atoms with E-state index in [4.69, 9.17) is 23.2 Å². The molecule has 1 heterocycles. The summed E-state index contributed by atoms with van der Waals surface area (Å²) in [7, 11) is 0. The van der Waals surface area contributed by atoms with Crippen molar-refractivity contribution in [2.24, 2.45) is 0 Å². The number of nitrogens with zero attached hydrogens (tertiary/aromatic N) is 1. The molecule has 0 aliphatic rings. The lowest BCUT2D eigenvalue weighted by atomic mass is 10.0. The number of hydrogen-bond donors (Lipinski definition) is 0. The summed E-state index contributed by atoms with van der Waals surface area (Å²) < 4.78 is 13.4. The molecule has 0 fully saturated rings. The molecule has 0 saturated heterocycles. The summed E-state index contributed by atoms with van der Waals surface area (Å²) in [5.74, 6) is -0.687. The van der Waals surface area contributed by atoms with Crippen LogP contribution < -0.4 is 0 Å². The molecule has 17 heavy (non-hydrogen) atoms. The molecule has 2 aromatic rings. The summed E-state index contributed by atoms with van der Waals surface area (Å²) in [4.78, 5) is 14.6. The van der Waals surface area contributed by atoms with Crippen molar-refractivity contribution in [3.63, 3.8) is 0 Å². The maximum atomic E-state index is 13.4. The molecule has 0 amide bonds. The maximum absolute atomic E-state index is 13.4. The first-order valence-corrected chi connectivity index (χ1v) is 5.43. The number of aromatic nitrogens is 1. The molecule has 2 rings (SSSR count). The topological polar surface area (TPSA) is 30.0 Å². The number of halogens is 3. The van der Waals surface area contributed by atoms with Gasteiger partial charge in [-0.15, -0.1) is 0 Å². The van der Waals surface area contributed by atoms with Crippen molar-refractivity contribution in [1.29, 1.82) is 0 Å². The molecule has 5 heteroatoms. The third-order valence-corrected chi connectivity index (χ3v) is 2.84. The molecule has 0 bridgehead atoms. The van der Waals surface area contributed by atoms with Crippen molar-refractivity contribution >= 4 is 29.5 Å². The highest BCUT2D eigenvalue weighted by molar-refractivity contribution is 6.35. The lowest BCUT2D eigenvalue weighted by Gasteiger charge is -2.07. The van der Waals surface area contributed by atoms with Crippen LogP contribution in [0.25, 0.3) is 11.1 Å². The Hall–Kier alpha value is -1.45. The van der Waals surface area contributed by atoms with Crippen molar-refractivity contribution in [2.75, 3.05) is 0 Å². The first kappa shape index (κ1) is 12.0. The van der Waals surface area contributed by atoms with E-state index in [1.165, 1.54) is 6.20 Å². The molecule has 0 unspecified atom stereocenters. The molecule has 86 valence electrons. The Kier molecular flexibility index (Phi) is 3.41. The first-order chi connectivity index (χ1) is 8.13. The number of hydrogen-bond acceptors (Lipinski definition) is 2. The zero-order valence-electron chi connectivity index (χ0n) is 8.45. The zero-order chi connectivity index (χ0) is 12.4. The van der Waals surface area contributed by atoms with Gasteiger partial charge in [0.15, 0.2) is 12.1 Å². The van der Waals surface area contributed by atoms with Gasteiger partial charge in [0.1, 0.15) is 0 Å². The number of pyridine rings is 1. The van der Waals surface area contributed by atoms with E-state index in [2.05, 4.69) is 4.98 Å². The number of rotatable bonds is 2. The Morgan fingerprint density at radius 3 is 2.65 bits per heavy atom. The predicted octanol–water partition coefficient (Wildman–Crippen LogP) is 4.01. The molecular weight excluding hydrogens is 264 g/mol. The van der Waals surface area contributed by atoms with Crippen LogP contribution in [-0.4, -0.2) is 11.3 Å². The van der Waals surface area contributed by atoms with Crippen LogP contribution >= 0.6 is 23.2 Å². The summed E-state index contributed by atoms with van der Waals surface area (Å²) in [6, 6.07) is 4.76. The minimum atomic E-state index is -0.687. The molecule has 2 nitrogen and oxygen atoms in total. The average Bonchev–Trinajstić information content (AvgIpc) is 2.32. The first-order valence-electron chi connectivity index (χ1n) is 4.67. The van der Waals surface area contributed by atoms with Crippen LogP contribution in [0.2, 0.25) is 10.0 Å². The van der Waals surface area contributed by atoms with Gasteiger partial charge in [0.25, 0.3) is 0 Å². The highest BCUT2D eigenvalue weighted by Gasteiger charge is 2.13. The molecule has 0 aliphatic carbocycles. The number of carbonyl (C=O) groups excluding carboxylic acids is 1. The van der Waals surface area contributed by atoms with Gasteiger partial charge in [-0.05, 0) is 18.2 Å². The Balaban J connectivity index is 2.72. The minimum absolute atomic E-state index is 0.0795. The Morgan fingerprint density at radius 2 is 1.94 bits per heavy atom. The fourth-order valence-electron chi connectivity index (χ4n) is 1.48. The zero-order valence-corrected chi connectivity index (χ0v) is 9.97. The largest absolute Gasteiger partial charge is 0.298 e. The lowest BCUT2D eigenvalue weighted by Crippen LogP contribution is -1.95. The third-order valence-electron chi connectivity index (χ3n) is 2.28. The Bertz CT molecular complexity index is 587. The van der Waals surface area contributed by atoms with Crippen molar-refractivity contribution in [3.05, 3.63) is 52.0 Å². The van der Waals surface area contributed by atoms with E-state index in [0.717, 1.165) is 6.20 Å². The van der Waals surface area contributed by atoms with Gasteiger partial charge in [-0.25, -0.2) is 4.39 Å². The van der Waals surface area contributed by atoms with E-state index in [-0.39, 0.29) is 5.56 Å². The predicted molar refractivity (Wildman–Crippen MR) is 65.0 cm³/mol. The summed E-state index contributed by atoms with van der Waals surface area (Å²) in [6.07, 6.45) is 2.79. The van der Waals surface area contributed by atoms with E-state index < -0.39 is 5.82 Å². The van der Waals surface area contributed by atoms with Crippen LogP contribution in [0.15, 0.2) is 30.6 Å². The molecule has 0 saturated carbocycles. The van der Waals surface area contributed by atoms with Gasteiger partial charge >= 0.3 is 0 Å². The fraction of sp³-hybridized carbons (Fsp3) is 0. The Labute approximate surface area is 107 Å². The summed E-state index contributed by atoms with van der Waals surface area (Å²) in [5.41, 5.74) is 0.727. The molecule has 0 N–H and O–H groups in total. The number of carbonyl (C=O) groups is 1. The molecular formula is C12H6Cl2FNO. The van der Waals surface area contributed by atoms with Crippen molar-refractivity contribution < 1.29 is 9.18 Å². The number of aldehydes is 1. The average molecular weight is 270 g/mol. The van der Waals surface area contributed by atoms with Gasteiger partial charge in [0, 0.05) is 27.4 Å². The Morgan fingerprint density at radius 1 is 1.18 bits per heavy atom. The molecule has 1 aromatic carbocycles. The monoisotopic (exact) mass is 269 g/mol. The normalized spacial score (nSPS) is 10.3. The van der Waals surface area contributed by atoms with Crippen molar-refractivity contribution in [1.82, 2.24) is 4.98 Å². The van der Waals surface area contributed by atoms with Gasteiger partial charge in [-0.3, -0.25) is 9.78 Å². The van der Waals surface area contributed by atoms with E-state index >= 15 is 0 Å². The summed E-state index contributed by atoms with van der Waals surface area (Å²) in [5, 5.41) is 0.829. The highest BCUT2D eigenvalue weighted by atomic mass is 35.5. The fourth-order valence-corrected chi connectivity index (χ4v) is 1.87. The SMILES string of the molecule is O=Cc1c(F)cncc1-c1cc(Cl)ccc1Cl. The van der Waals surface area contributed by atoms with Gasteiger partial charge in [0.05, 0.1) is 11.8 Å². The standard InChI is InChI=1S/C12H6Cl2FNO/c13-7-1-2-11(14)8(3-7)9-4-16-5-12(15)10(9)6-17/h1-6H. The molecule has 0 spiro atoms. The van der Waals surface area contributed by atoms with E-state index in [1.807, 2.05) is 0 Å². The van der Waals surface area contributed by atoms with Crippen molar-refractivity contribution in [3.8, 4) is 11.1 Å². The lowest BCUT2D eigenvalue weighted by molar-refractivity contribution is 0.112. The quantitative estimate of drug-likeness (QED) is 0.772. The van der Waals surface area contributed by atoms with Gasteiger partial charge in [0.2, 0.25) is 0 Å². The summed E-state index contributed by atoms with van der Waals surface area (Å²) >= 11 is 11.8. The van der Waals surface area contributed by atoms with Gasteiger partial charge in [-0.2, -0.15) is 0 Å². The van der Waals surface area contributed by atoms with Crippen LogP contribution in [0.4, 0.5) is 4.39 Å².